The highest BCUT2D eigenvalue weighted by molar-refractivity contribution is 7.00. The van der Waals surface area contributed by atoms with Crippen LogP contribution in [0.15, 0.2) is 243 Å². The van der Waals surface area contributed by atoms with Gasteiger partial charge in [-0.05, 0) is 206 Å². The van der Waals surface area contributed by atoms with Crippen molar-refractivity contribution in [3.05, 3.63) is 282 Å². The monoisotopic (exact) mass is 1370 g/mol. The first kappa shape index (κ1) is 69.3. The highest BCUT2D eigenvalue weighted by Crippen LogP contribution is 2.53. The first-order valence-corrected chi connectivity index (χ1v) is 38.3. The average Bonchev–Trinajstić information content (AvgIpc) is 1.63. The van der Waals surface area contributed by atoms with E-state index >= 15 is 0 Å². The van der Waals surface area contributed by atoms with Gasteiger partial charge in [0.15, 0.2) is 0 Å². The van der Waals surface area contributed by atoms with Crippen molar-refractivity contribution in [2.75, 3.05) is 9.80 Å². The SMILES string of the molecule is CC(C)(C)c1ccc(-c2cc(C(C)(C)C)ccc2N2c3cc(-c4cc(C(C)(C)C)cc(C(C)(C)C)c4)ccc3B3c4ccc(-n5c6ccccc6c6cc7c(cc65)c5ccccc5n7-c5ccccc5)cc4N(c4ccc(C(C)(C)C)cc4-c4ccc(C(C)(C)C)cc4)c4cc(C(C)(C)C)cc2c43)cc1. The second kappa shape index (κ2) is 24.2. The number of nitrogens with zero attached hydrogens (tertiary/aromatic N) is 4. The lowest BCUT2D eigenvalue weighted by Gasteiger charge is -2.46. The molecule has 0 N–H and O–H groups in total. The molecule has 0 spiro atoms. The molecule has 16 rings (SSSR count). The van der Waals surface area contributed by atoms with Gasteiger partial charge < -0.3 is 18.9 Å². The number of anilines is 6. The van der Waals surface area contributed by atoms with Gasteiger partial charge in [-0.2, -0.15) is 0 Å². The van der Waals surface area contributed by atoms with Gasteiger partial charge in [0.25, 0.3) is 6.71 Å². The molecule has 0 radical (unpaired) electrons. The third kappa shape index (κ3) is 11.9. The molecule has 4 heterocycles. The predicted octanol–water partition coefficient (Wildman–Crippen LogP) is 26.0. The van der Waals surface area contributed by atoms with E-state index in [1.165, 1.54) is 149 Å². The molecule has 5 heteroatoms. The van der Waals surface area contributed by atoms with Gasteiger partial charge in [-0.15, -0.1) is 0 Å². The summed E-state index contributed by atoms with van der Waals surface area (Å²) in [6.45, 7) is 49.2. The fraction of sp³-hybridized carbons (Fsp3) is 0.280. The van der Waals surface area contributed by atoms with Crippen LogP contribution in [0.5, 0.6) is 0 Å². The fourth-order valence-corrected chi connectivity index (χ4v) is 16.6. The largest absolute Gasteiger partial charge is 0.311 e. The summed E-state index contributed by atoms with van der Waals surface area (Å²) in [5, 5.41) is 4.90. The van der Waals surface area contributed by atoms with Crippen LogP contribution < -0.4 is 26.2 Å². The molecule has 4 nitrogen and oxygen atoms in total. The van der Waals surface area contributed by atoms with E-state index in [1.807, 2.05) is 0 Å². The normalized spacial score (nSPS) is 13.7. The van der Waals surface area contributed by atoms with Gasteiger partial charge in [-0.1, -0.05) is 297 Å². The van der Waals surface area contributed by atoms with E-state index in [0.717, 1.165) is 28.4 Å². The lowest BCUT2D eigenvalue weighted by molar-refractivity contribution is 0.569. The summed E-state index contributed by atoms with van der Waals surface area (Å²) in [5.41, 5.74) is 33.6. The molecule has 12 aromatic carbocycles. The molecule has 0 aliphatic carbocycles. The Labute approximate surface area is 625 Å². The number of fused-ring (bicyclic) bond motifs is 10. The lowest BCUT2D eigenvalue weighted by Crippen LogP contribution is -2.61. The van der Waals surface area contributed by atoms with Gasteiger partial charge in [-0.3, -0.25) is 0 Å². The Balaban J connectivity index is 1.04. The Bertz CT molecular complexity index is 5770. The first-order valence-electron chi connectivity index (χ1n) is 38.3. The minimum absolute atomic E-state index is 0.0110. The maximum absolute atomic E-state index is 2.71. The Hall–Kier alpha value is -10.1. The van der Waals surface area contributed by atoms with E-state index in [-0.39, 0.29) is 44.6 Å². The van der Waals surface area contributed by atoms with Crippen molar-refractivity contribution in [3.8, 4) is 44.8 Å². The van der Waals surface area contributed by atoms with Gasteiger partial charge in [0.2, 0.25) is 0 Å². The number of hydrogen-bond donors (Lipinski definition) is 0. The zero-order valence-corrected chi connectivity index (χ0v) is 66.0. The number of benzene rings is 12. The minimum Gasteiger partial charge on any atom is -0.311 e. The topological polar surface area (TPSA) is 16.3 Å². The smallest absolute Gasteiger partial charge is 0.252 e. The maximum Gasteiger partial charge on any atom is 0.252 e. The number of aromatic nitrogens is 2. The molecule has 0 unspecified atom stereocenters. The van der Waals surface area contributed by atoms with Crippen LogP contribution in [0.4, 0.5) is 34.1 Å². The van der Waals surface area contributed by atoms with Crippen molar-refractivity contribution in [2.45, 2.75) is 183 Å². The molecular weight excluding hydrogens is 1270 g/mol. The summed E-state index contributed by atoms with van der Waals surface area (Å²) < 4.78 is 5.02. The Morgan fingerprint density at radius 1 is 0.219 bits per heavy atom. The fourth-order valence-electron chi connectivity index (χ4n) is 16.6. The molecule has 14 aromatic rings. The standard InChI is InChI=1S/C100H103BN4/c1-94(2,3)66-40-35-62(36-41-66)77-55-68(96(7,8)9)44-49-85(77)104-89-53-64(65-51-70(98(13,14)15)54-71(52-65)99(16,17)18)39-47-81(89)101-82-48-46-74(103-84-34-28-26-32-76(84)80-60-87-79(61-88(80)103)75-31-25-27-33-83(75)102(87)73-29-23-22-24-30-73)59-90(82)105(92-58-72(100(19,20)21)57-91(104)93(92)101)86-50-45-69(97(10,11)12)56-78(86)63-37-42-67(43-38-63)95(4,5)6/h22-61H,1-21H3. The van der Waals surface area contributed by atoms with Gasteiger partial charge >= 0.3 is 0 Å². The van der Waals surface area contributed by atoms with E-state index < -0.39 is 0 Å². The first-order chi connectivity index (χ1) is 49.5. The minimum atomic E-state index is -0.277. The molecule has 2 aromatic heterocycles. The third-order valence-electron chi connectivity index (χ3n) is 23.0. The number of hydrogen-bond acceptors (Lipinski definition) is 2. The van der Waals surface area contributed by atoms with Crippen LogP contribution in [0.3, 0.4) is 0 Å². The molecule has 0 saturated carbocycles. The van der Waals surface area contributed by atoms with Crippen LogP contribution in [0, 0.1) is 0 Å². The van der Waals surface area contributed by atoms with Crippen LogP contribution >= 0.6 is 0 Å². The number of rotatable bonds is 7. The molecule has 526 valence electrons. The van der Waals surface area contributed by atoms with E-state index in [2.05, 4.69) is 407 Å². The van der Waals surface area contributed by atoms with Gasteiger partial charge in [-0.25, -0.2) is 0 Å². The van der Waals surface area contributed by atoms with Crippen molar-refractivity contribution < 1.29 is 0 Å². The number of para-hydroxylation sites is 3. The Kier molecular flexibility index (Phi) is 16.0. The average molecular weight is 1370 g/mol. The van der Waals surface area contributed by atoms with Crippen LogP contribution in [-0.4, -0.2) is 15.8 Å². The van der Waals surface area contributed by atoms with Crippen molar-refractivity contribution in [3.63, 3.8) is 0 Å². The lowest BCUT2D eigenvalue weighted by atomic mass is 9.33. The molecule has 0 saturated heterocycles. The highest BCUT2D eigenvalue weighted by Gasteiger charge is 2.46. The highest BCUT2D eigenvalue weighted by atomic mass is 15.2. The summed E-state index contributed by atoms with van der Waals surface area (Å²) in [6, 6.07) is 95.3. The Morgan fingerprint density at radius 3 is 1.03 bits per heavy atom. The second-order valence-corrected chi connectivity index (χ2v) is 37.6. The van der Waals surface area contributed by atoms with Crippen LogP contribution in [0.1, 0.15) is 184 Å². The molecule has 2 aliphatic heterocycles. The van der Waals surface area contributed by atoms with Gasteiger partial charge in [0.05, 0.1) is 33.4 Å². The van der Waals surface area contributed by atoms with E-state index in [4.69, 9.17) is 0 Å². The van der Waals surface area contributed by atoms with E-state index in [1.54, 1.807) is 0 Å². The summed E-state index contributed by atoms with van der Waals surface area (Å²) in [4.78, 5) is 5.42. The van der Waals surface area contributed by atoms with E-state index in [0.29, 0.717) is 0 Å². The van der Waals surface area contributed by atoms with Crippen LogP contribution in [0.2, 0.25) is 0 Å². The molecule has 105 heavy (non-hydrogen) atoms. The van der Waals surface area contributed by atoms with E-state index in [9.17, 15) is 0 Å². The van der Waals surface area contributed by atoms with Crippen molar-refractivity contribution in [1.82, 2.24) is 9.13 Å². The maximum atomic E-state index is 2.71. The van der Waals surface area contributed by atoms with Gasteiger partial charge in [0, 0.05) is 66.8 Å². The van der Waals surface area contributed by atoms with Crippen molar-refractivity contribution in [2.24, 2.45) is 0 Å². The zero-order valence-electron chi connectivity index (χ0n) is 66.0. The summed E-state index contributed by atoms with van der Waals surface area (Å²) in [7, 11) is 0. The van der Waals surface area contributed by atoms with Gasteiger partial charge in [0.1, 0.15) is 0 Å². The molecule has 0 amide bonds. The summed E-state index contributed by atoms with van der Waals surface area (Å²) >= 11 is 0. The summed E-state index contributed by atoms with van der Waals surface area (Å²) in [6.07, 6.45) is 0. The molecule has 0 atom stereocenters. The van der Waals surface area contributed by atoms with Crippen LogP contribution in [0.25, 0.3) is 88.4 Å². The Morgan fingerprint density at radius 2 is 0.590 bits per heavy atom. The quantitative estimate of drug-likeness (QED) is 0.148. The van der Waals surface area contributed by atoms with Crippen molar-refractivity contribution >= 4 is 101 Å². The zero-order chi connectivity index (χ0) is 74.1. The molecular formula is C100H103BN4. The predicted molar refractivity (Wildman–Crippen MR) is 456 cm³/mol. The second-order valence-electron chi connectivity index (χ2n) is 37.6. The molecule has 2 aliphatic rings. The van der Waals surface area contributed by atoms with Crippen molar-refractivity contribution in [1.29, 1.82) is 0 Å². The van der Waals surface area contributed by atoms with Crippen LogP contribution in [-0.2, 0) is 37.9 Å². The summed E-state index contributed by atoms with van der Waals surface area (Å²) in [5.74, 6) is 0. The molecule has 0 fully saturated rings. The molecule has 0 bridgehead atoms. The third-order valence-corrected chi connectivity index (χ3v) is 23.0.